The molecular weight excluding hydrogens is 358 g/mol. The minimum absolute atomic E-state index is 0.0328. The highest BCUT2D eigenvalue weighted by atomic mass is 16.4. The number of nitrogens with one attached hydrogen (secondary N) is 2. The first kappa shape index (κ1) is 17.9. The summed E-state index contributed by atoms with van der Waals surface area (Å²) in [4.78, 5) is 40.5. The Balaban J connectivity index is 1.42. The van der Waals surface area contributed by atoms with E-state index in [9.17, 15) is 19.5 Å². The Kier molecular flexibility index (Phi) is 4.65. The number of aromatic nitrogens is 1. The van der Waals surface area contributed by atoms with Crippen molar-refractivity contribution >= 4 is 29.3 Å². The molecule has 1 saturated carbocycles. The maximum atomic E-state index is 12.7. The molecule has 1 fully saturated rings. The van der Waals surface area contributed by atoms with E-state index in [-0.39, 0.29) is 23.7 Å². The van der Waals surface area contributed by atoms with E-state index in [2.05, 4.69) is 15.6 Å². The Labute approximate surface area is 161 Å². The number of carbonyl (C=O) groups excluding carboxylic acids is 2. The number of nitrogens with zero attached hydrogens (tertiary/aromatic N) is 1. The molecule has 2 aromatic rings. The lowest BCUT2D eigenvalue weighted by atomic mass is 9.82. The number of anilines is 2. The molecule has 1 aromatic heterocycles. The summed E-state index contributed by atoms with van der Waals surface area (Å²) in [5, 5.41) is 15.0. The molecule has 0 aliphatic heterocycles. The van der Waals surface area contributed by atoms with Gasteiger partial charge in [0.1, 0.15) is 5.82 Å². The maximum absolute atomic E-state index is 12.7. The highest BCUT2D eigenvalue weighted by Gasteiger charge is 2.51. The minimum atomic E-state index is -0.932. The van der Waals surface area contributed by atoms with Gasteiger partial charge in [0.15, 0.2) is 0 Å². The lowest BCUT2D eigenvalue weighted by molar-refractivity contribution is -0.146. The van der Waals surface area contributed by atoms with Crippen molar-refractivity contribution in [3.05, 3.63) is 66.4 Å². The summed E-state index contributed by atoms with van der Waals surface area (Å²) in [5.74, 6) is -2.44. The summed E-state index contributed by atoms with van der Waals surface area (Å²) in [7, 11) is 0. The number of fused-ring (bicyclic) bond motifs is 2. The first-order chi connectivity index (χ1) is 13.5. The Morgan fingerprint density at radius 2 is 1.64 bits per heavy atom. The molecule has 1 heterocycles. The Bertz CT molecular complexity index is 940. The van der Waals surface area contributed by atoms with E-state index in [0.717, 1.165) is 0 Å². The molecule has 7 heteroatoms. The normalized spacial score (nSPS) is 24.7. The standard InChI is InChI=1S/C21H19N3O4/c25-19(24-16-3-1-2-10-22-16)12-6-8-15(9-7-12)23-20(26)17-13-4-5-14(11-13)18(17)21(27)28/h1-10,13-14,17-18H,11H2,(H,23,26)(H,27,28)(H,22,24,25)/t13-,14-,17-,18+/m0/s1. The fraction of sp³-hybridized carbons (Fsp3) is 0.238. The van der Waals surface area contributed by atoms with Crippen LogP contribution in [0.1, 0.15) is 16.8 Å². The van der Waals surface area contributed by atoms with Crippen LogP contribution in [0.4, 0.5) is 11.5 Å². The van der Waals surface area contributed by atoms with Gasteiger partial charge in [-0.1, -0.05) is 18.2 Å². The zero-order chi connectivity index (χ0) is 19.7. The molecular formula is C21H19N3O4. The van der Waals surface area contributed by atoms with Gasteiger partial charge in [0.25, 0.3) is 5.91 Å². The van der Waals surface area contributed by atoms with Crippen molar-refractivity contribution in [3.8, 4) is 0 Å². The van der Waals surface area contributed by atoms with E-state index >= 15 is 0 Å². The molecule has 0 radical (unpaired) electrons. The van der Waals surface area contributed by atoms with Gasteiger partial charge in [0.05, 0.1) is 11.8 Å². The number of rotatable bonds is 5. The van der Waals surface area contributed by atoms with Crippen molar-refractivity contribution in [2.75, 3.05) is 10.6 Å². The number of allylic oxidation sites excluding steroid dienone is 2. The van der Waals surface area contributed by atoms with Crippen molar-refractivity contribution in [2.24, 2.45) is 23.7 Å². The molecule has 1 aromatic carbocycles. The summed E-state index contributed by atoms with van der Waals surface area (Å²) in [6, 6.07) is 11.7. The number of carboxylic acid groups (broad SMARTS) is 1. The molecule has 0 spiro atoms. The molecule has 142 valence electrons. The zero-order valence-electron chi connectivity index (χ0n) is 14.9. The van der Waals surface area contributed by atoms with Crippen molar-refractivity contribution in [1.82, 2.24) is 4.98 Å². The molecule has 3 N–H and O–H groups in total. The van der Waals surface area contributed by atoms with Crippen molar-refractivity contribution in [2.45, 2.75) is 6.42 Å². The van der Waals surface area contributed by atoms with Crippen LogP contribution in [-0.2, 0) is 9.59 Å². The first-order valence-electron chi connectivity index (χ1n) is 9.07. The molecule has 2 aliphatic rings. The van der Waals surface area contributed by atoms with Crippen LogP contribution in [0.2, 0.25) is 0 Å². The quantitative estimate of drug-likeness (QED) is 0.695. The minimum Gasteiger partial charge on any atom is -0.481 e. The summed E-state index contributed by atoms with van der Waals surface area (Å²) in [6.07, 6.45) is 6.15. The van der Waals surface area contributed by atoms with Gasteiger partial charge in [-0.05, 0) is 54.7 Å². The van der Waals surface area contributed by atoms with Crippen LogP contribution in [0.3, 0.4) is 0 Å². The highest BCUT2D eigenvalue weighted by Crippen LogP contribution is 2.48. The van der Waals surface area contributed by atoms with Gasteiger partial charge in [-0.15, -0.1) is 0 Å². The second-order valence-electron chi connectivity index (χ2n) is 7.07. The summed E-state index contributed by atoms with van der Waals surface area (Å²) >= 11 is 0. The van der Waals surface area contributed by atoms with Crippen molar-refractivity contribution < 1.29 is 19.5 Å². The molecule has 0 saturated heterocycles. The molecule has 4 atom stereocenters. The lowest BCUT2D eigenvalue weighted by Crippen LogP contribution is -2.36. The number of hydrogen-bond acceptors (Lipinski definition) is 4. The highest BCUT2D eigenvalue weighted by molar-refractivity contribution is 6.04. The second kappa shape index (κ2) is 7.26. The number of carboxylic acids is 1. The molecule has 0 unspecified atom stereocenters. The number of carbonyl (C=O) groups is 3. The van der Waals surface area contributed by atoms with E-state index in [1.807, 2.05) is 12.2 Å². The lowest BCUT2D eigenvalue weighted by Gasteiger charge is -2.23. The molecule has 2 bridgehead atoms. The van der Waals surface area contributed by atoms with Crippen LogP contribution in [-0.4, -0.2) is 27.9 Å². The first-order valence-corrected chi connectivity index (χ1v) is 9.07. The predicted molar refractivity (Wildman–Crippen MR) is 103 cm³/mol. The number of hydrogen-bond donors (Lipinski definition) is 3. The van der Waals surface area contributed by atoms with Gasteiger partial charge in [-0.25, -0.2) is 4.98 Å². The van der Waals surface area contributed by atoms with Gasteiger partial charge in [-0.3, -0.25) is 14.4 Å². The Morgan fingerprint density at radius 1 is 0.929 bits per heavy atom. The maximum Gasteiger partial charge on any atom is 0.307 e. The third kappa shape index (κ3) is 3.38. The molecule has 7 nitrogen and oxygen atoms in total. The second-order valence-corrected chi connectivity index (χ2v) is 7.07. The van der Waals surface area contributed by atoms with Gasteiger partial charge >= 0.3 is 5.97 Å². The molecule has 4 rings (SSSR count). The number of aliphatic carboxylic acids is 1. The summed E-state index contributed by atoms with van der Waals surface area (Å²) in [5.41, 5.74) is 0.949. The Hall–Kier alpha value is -3.48. The van der Waals surface area contributed by atoms with Gasteiger partial charge in [0, 0.05) is 17.4 Å². The zero-order valence-corrected chi connectivity index (χ0v) is 14.9. The van der Waals surface area contributed by atoms with E-state index in [0.29, 0.717) is 23.5 Å². The third-order valence-corrected chi connectivity index (χ3v) is 5.37. The van der Waals surface area contributed by atoms with Crippen molar-refractivity contribution in [3.63, 3.8) is 0 Å². The topological polar surface area (TPSA) is 108 Å². The summed E-state index contributed by atoms with van der Waals surface area (Å²) < 4.78 is 0. The van der Waals surface area contributed by atoms with E-state index in [1.54, 1.807) is 48.7 Å². The van der Waals surface area contributed by atoms with Crippen LogP contribution >= 0.6 is 0 Å². The van der Waals surface area contributed by atoms with Gasteiger partial charge in [0.2, 0.25) is 5.91 Å². The van der Waals surface area contributed by atoms with Crippen LogP contribution in [0.25, 0.3) is 0 Å². The average molecular weight is 377 g/mol. The predicted octanol–water partition coefficient (Wildman–Crippen LogP) is 2.80. The van der Waals surface area contributed by atoms with Crippen molar-refractivity contribution in [1.29, 1.82) is 0 Å². The largest absolute Gasteiger partial charge is 0.481 e. The molecule has 28 heavy (non-hydrogen) atoms. The fourth-order valence-corrected chi connectivity index (χ4v) is 4.07. The third-order valence-electron chi connectivity index (χ3n) is 5.37. The fourth-order valence-electron chi connectivity index (χ4n) is 4.07. The number of pyridine rings is 1. The Morgan fingerprint density at radius 3 is 2.29 bits per heavy atom. The molecule has 2 amide bonds. The SMILES string of the molecule is O=C(Nc1ccccn1)c1ccc(NC(=O)[C@@H]2[C@H](C(=O)O)[C@H]3C=C[C@H]2C3)cc1. The summed E-state index contributed by atoms with van der Waals surface area (Å²) in [6.45, 7) is 0. The number of benzene rings is 1. The monoisotopic (exact) mass is 377 g/mol. The van der Waals surface area contributed by atoms with Gasteiger partial charge in [-0.2, -0.15) is 0 Å². The van der Waals surface area contributed by atoms with Crippen LogP contribution in [0, 0.1) is 23.7 Å². The van der Waals surface area contributed by atoms with Crippen LogP contribution in [0.15, 0.2) is 60.8 Å². The molecule has 2 aliphatic carbocycles. The van der Waals surface area contributed by atoms with Gasteiger partial charge < -0.3 is 15.7 Å². The van der Waals surface area contributed by atoms with E-state index in [4.69, 9.17) is 0 Å². The van der Waals surface area contributed by atoms with Crippen LogP contribution < -0.4 is 10.6 Å². The average Bonchev–Trinajstić information content (AvgIpc) is 3.31. The smallest absolute Gasteiger partial charge is 0.307 e. The van der Waals surface area contributed by atoms with Crippen LogP contribution in [0.5, 0.6) is 0 Å². The van der Waals surface area contributed by atoms with E-state index in [1.165, 1.54) is 0 Å². The number of amides is 2. The van der Waals surface area contributed by atoms with E-state index < -0.39 is 17.8 Å².